The summed E-state index contributed by atoms with van der Waals surface area (Å²) in [7, 11) is 0. The second kappa shape index (κ2) is 5.81. The summed E-state index contributed by atoms with van der Waals surface area (Å²) >= 11 is 9.74. The summed E-state index contributed by atoms with van der Waals surface area (Å²) in [5.74, 6) is 0. The first-order chi connectivity index (χ1) is 9.75. The van der Waals surface area contributed by atoms with E-state index in [1.165, 1.54) is 0 Å². The molecule has 0 spiro atoms. The van der Waals surface area contributed by atoms with E-state index in [2.05, 4.69) is 26.2 Å². The Morgan fingerprint density at radius 2 is 1.90 bits per heavy atom. The molecule has 3 aromatic rings. The lowest BCUT2D eigenvalue weighted by molar-refractivity contribution is 1.15. The fourth-order valence-corrected chi connectivity index (χ4v) is 2.77. The zero-order valence-electron chi connectivity index (χ0n) is 10.6. The summed E-state index contributed by atoms with van der Waals surface area (Å²) in [6, 6.07) is 15.9. The van der Waals surface area contributed by atoms with E-state index in [0.29, 0.717) is 6.54 Å². The lowest BCUT2D eigenvalue weighted by Crippen LogP contribution is -2.01. The monoisotopic (exact) mass is 346 g/mol. The fourth-order valence-electron chi connectivity index (χ4n) is 2.13. The van der Waals surface area contributed by atoms with Crippen molar-refractivity contribution in [3.05, 3.63) is 69.8 Å². The molecule has 2 nitrogen and oxygen atoms in total. The summed E-state index contributed by atoms with van der Waals surface area (Å²) in [6.07, 6.45) is 1.79. The lowest BCUT2D eigenvalue weighted by Gasteiger charge is -2.11. The number of fused-ring (bicyclic) bond motifs is 1. The van der Waals surface area contributed by atoms with Crippen molar-refractivity contribution >= 4 is 44.1 Å². The first kappa shape index (κ1) is 13.4. The number of para-hydroxylation sites is 1. The van der Waals surface area contributed by atoms with Gasteiger partial charge in [0.25, 0.3) is 0 Å². The van der Waals surface area contributed by atoms with E-state index in [-0.39, 0.29) is 0 Å². The zero-order chi connectivity index (χ0) is 13.9. The molecule has 1 heterocycles. The van der Waals surface area contributed by atoms with E-state index in [4.69, 9.17) is 11.6 Å². The molecule has 1 aromatic heterocycles. The van der Waals surface area contributed by atoms with Crippen LogP contribution in [-0.4, -0.2) is 4.98 Å². The van der Waals surface area contributed by atoms with Gasteiger partial charge in [0.2, 0.25) is 0 Å². The van der Waals surface area contributed by atoms with Crippen LogP contribution in [0.25, 0.3) is 10.9 Å². The van der Waals surface area contributed by atoms with Gasteiger partial charge in [0.05, 0.1) is 5.52 Å². The molecule has 20 heavy (non-hydrogen) atoms. The number of nitrogens with zero attached hydrogens (tertiary/aromatic N) is 1. The number of aromatic nitrogens is 1. The Bertz CT molecular complexity index is 758. The summed E-state index contributed by atoms with van der Waals surface area (Å²) in [5, 5.41) is 5.13. The van der Waals surface area contributed by atoms with Crippen molar-refractivity contribution in [2.24, 2.45) is 0 Å². The standard InChI is InChI=1S/C16H12BrClN2/c17-13-5-1-2-6-15(13)20-10-11-7-8-14(18)12-4-3-9-19-16(11)12/h1-9,20H,10H2. The van der Waals surface area contributed by atoms with Gasteiger partial charge in [-0.15, -0.1) is 0 Å². The highest BCUT2D eigenvalue weighted by Gasteiger charge is 2.06. The van der Waals surface area contributed by atoms with Crippen LogP contribution in [0.3, 0.4) is 0 Å². The average molecular weight is 348 g/mol. The van der Waals surface area contributed by atoms with Crippen LogP contribution in [0.2, 0.25) is 5.02 Å². The van der Waals surface area contributed by atoms with Crippen LogP contribution in [-0.2, 0) is 6.54 Å². The number of anilines is 1. The molecule has 3 rings (SSSR count). The molecule has 0 aliphatic heterocycles. The predicted molar refractivity (Wildman–Crippen MR) is 88.2 cm³/mol. The number of hydrogen-bond acceptors (Lipinski definition) is 2. The first-order valence-corrected chi connectivity index (χ1v) is 7.43. The molecule has 0 bridgehead atoms. The third-order valence-corrected chi connectivity index (χ3v) is 4.16. The van der Waals surface area contributed by atoms with E-state index < -0.39 is 0 Å². The van der Waals surface area contributed by atoms with Crippen molar-refractivity contribution in [1.29, 1.82) is 0 Å². The molecular formula is C16H12BrClN2. The highest BCUT2D eigenvalue weighted by molar-refractivity contribution is 9.10. The van der Waals surface area contributed by atoms with Gasteiger partial charge in [-0.2, -0.15) is 0 Å². The molecule has 100 valence electrons. The molecule has 0 atom stereocenters. The minimum absolute atomic E-state index is 0.702. The molecule has 0 fully saturated rings. The summed E-state index contributed by atoms with van der Waals surface area (Å²) in [4.78, 5) is 4.44. The van der Waals surface area contributed by atoms with Crippen LogP contribution < -0.4 is 5.32 Å². The predicted octanol–water partition coefficient (Wildman–Crippen LogP) is 5.26. The first-order valence-electron chi connectivity index (χ1n) is 6.26. The SMILES string of the molecule is Clc1ccc(CNc2ccccc2Br)c2ncccc12. The molecule has 0 aliphatic rings. The minimum atomic E-state index is 0.702. The zero-order valence-corrected chi connectivity index (χ0v) is 12.9. The molecule has 0 radical (unpaired) electrons. The van der Waals surface area contributed by atoms with Crippen LogP contribution in [0.15, 0.2) is 59.2 Å². The Hall–Kier alpha value is -1.58. The fraction of sp³-hybridized carbons (Fsp3) is 0.0625. The van der Waals surface area contributed by atoms with Gasteiger partial charge in [0, 0.05) is 33.3 Å². The third kappa shape index (κ3) is 2.65. The highest BCUT2D eigenvalue weighted by Crippen LogP contribution is 2.26. The van der Waals surface area contributed by atoms with Gasteiger partial charge in [0.1, 0.15) is 0 Å². The Morgan fingerprint density at radius 1 is 1.05 bits per heavy atom. The second-order valence-corrected chi connectivity index (χ2v) is 5.70. The normalized spacial score (nSPS) is 10.7. The molecule has 0 saturated heterocycles. The van der Waals surface area contributed by atoms with Gasteiger partial charge >= 0.3 is 0 Å². The van der Waals surface area contributed by atoms with Crippen LogP contribution in [0.5, 0.6) is 0 Å². The number of hydrogen-bond donors (Lipinski definition) is 1. The van der Waals surface area contributed by atoms with E-state index in [1.807, 2.05) is 48.5 Å². The molecule has 0 aliphatic carbocycles. The maximum absolute atomic E-state index is 6.20. The van der Waals surface area contributed by atoms with Crippen LogP contribution in [0.1, 0.15) is 5.56 Å². The summed E-state index contributed by atoms with van der Waals surface area (Å²) in [5.41, 5.74) is 3.13. The Balaban J connectivity index is 1.92. The van der Waals surface area contributed by atoms with Gasteiger partial charge in [-0.25, -0.2) is 0 Å². The third-order valence-electron chi connectivity index (χ3n) is 3.14. The van der Waals surface area contributed by atoms with Crippen LogP contribution in [0, 0.1) is 0 Å². The van der Waals surface area contributed by atoms with Crippen molar-refractivity contribution in [2.75, 3.05) is 5.32 Å². The second-order valence-electron chi connectivity index (χ2n) is 4.44. The van der Waals surface area contributed by atoms with E-state index in [0.717, 1.165) is 31.6 Å². The molecule has 0 amide bonds. The number of benzene rings is 2. The molecule has 0 saturated carbocycles. The van der Waals surface area contributed by atoms with E-state index >= 15 is 0 Å². The molecule has 1 N–H and O–H groups in total. The molecule has 4 heteroatoms. The van der Waals surface area contributed by atoms with Gasteiger partial charge in [0.15, 0.2) is 0 Å². The number of rotatable bonds is 3. The van der Waals surface area contributed by atoms with Crippen molar-refractivity contribution in [3.63, 3.8) is 0 Å². The quantitative estimate of drug-likeness (QED) is 0.699. The van der Waals surface area contributed by atoms with Crippen molar-refractivity contribution < 1.29 is 0 Å². The number of nitrogens with one attached hydrogen (secondary N) is 1. The highest BCUT2D eigenvalue weighted by atomic mass is 79.9. The van der Waals surface area contributed by atoms with Gasteiger partial charge in [-0.1, -0.05) is 29.8 Å². The number of halogens is 2. The lowest BCUT2D eigenvalue weighted by atomic mass is 10.1. The van der Waals surface area contributed by atoms with Crippen molar-refractivity contribution in [2.45, 2.75) is 6.54 Å². The smallest absolute Gasteiger partial charge is 0.0766 e. The molecular weight excluding hydrogens is 336 g/mol. The van der Waals surface area contributed by atoms with Gasteiger partial charge in [-0.05, 0) is 51.8 Å². The van der Waals surface area contributed by atoms with Crippen molar-refractivity contribution in [1.82, 2.24) is 4.98 Å². The maximum atomic E-state index is 6.20. The largest absolute Gasteiger partial charge is 0.380 e. The summed E-state index contributed by atoms with van der Waals surface area (Å²) in [6.45, 7) is 0.702. The Labute approximate surface area is 130 Å². The Morgan fingerprint density at radius 3 is 2.75 bits per heavy atom. The topological polar surface area (TPSA) is 24.9 Å². The van der Waals surface area contributed by atoms with Crippen LogP contribution in [0.4, 0.5) is 5.69 Å². The van der Waals surface area contributed by atoms with Crippen molar-refractivity contribution in [3.8, 4) is 0 Å². The summed E-state index contributed by atoms with van der Waals surface area (Å²) < 4.78 is 1.05. The van der Waals surface area contributed by atoms with Gasteiger partial charge in [-0.3, -0.25) is 4.98 Å². The maximum Gasteiger partial charge on any atom is 0.0766 e. The Kier molecular flexibility index (Phi) is 3.90. The van der Waals surface area contributed by atoms with E-state index in [9.17, 15) is 0 Å². The number of pyridine rings is 1. The molecule has 0 unspecified atom stereocenters. The minimum Gasteiger partial charge on any atom is -0.380 e. The van der Waals surface area contributed by atoms with E-state index in [1.54, 1.807) is 6.20 Å². The average Bonchev–Trinajstić information content (AvgIpc) is 2.48. The van der Waals surface area contributed by atoms with Gasteiger partial charge < -0.3 is 5.32 Å². The molecule has 2 aromatic carbocycles. The van der Waals surface area contributed by atoms with Crippen LogP contribution >= 0.6 is 27.5 Å².